The van der Waals surface area contributed by atoms with Gasteiger partial charge in [0.15, 0.2) is 12.4 Å². The molecule has 98 valence electrons. The summed E-state index contributed by atoms with van der Waals surface area (Å²) in [6.07, 6.45) is -1.14. The highest BCUT2D eigenvalue weighted by atomic mass is 16.7. The van der Waals surface area contributed by atoms with E-state index in [0.29, 0.717) is 13.2 Å². The average molecular weight is 252 g/mol. The van der Waals surface area contributed by atoms with E-state index in [-0.39, 0.29) is 6.61 Å². The summed E-state index contributed by atoms with van der Waals surface area (Å²) in [6.45, 7) is 1.00. The molecular formula is C13H16O5. The summed E-state index contributed by atoms with van der Waals surface area (Å²) in [7, 11) is 1.32. The van der Waals surface area contributed by atoms with Gasteiger partial charge in [-0.3, -0.25) is 0 Å². The van der Waals surface area contributed by atoms with E-state index in [0.717, 1.165) is 5.56 Å². The van der Waals surface area contributed by atoms with E-state index >= 15 is 0 Å². The summed E-state index contributed by atoms with van der Waals surface area (Å²) >= 11 is 0. The molecule has 1 saturated heterocycles. The average Bonchev–Trinajstić information content (AvgIpc) is 2.88. The molecule has 0 N–H and O–H groups in total. The lowest BCUT2D eigenvalue weighted by molar-refractivity contribution is -0.157. The van der Waals surface area contributed by atoms with Crippen LogP contribution in [0, 0.1) is 0 Å². The molecular weight excluding hydrogens is 236 g/mol. The Morgan fingerprint density at radius 1 is 1.39 bits per heavy atom. The number of hydrogen-bond donors (Lipinski definition) is 0. The fourth-order valence-electron chi connectivity index (χ4n) is 1.65. The molecule has 5 nitrogen and oxygen atoms in total. The zero-order valence-corrected chi connectivity index (χ0v) is 10.2. The minimum atomic E-state index is -0.639. The van der Waals surface area contributed by atoms with Crippen LogP contribution in [0.1, 0.15) is 5.56 Å². The molecule has 2 atom stereocenters. The monoisotopic (exact) mass is 252 g/mol. The number of methoxy groups -OCH3 is 1. The van der Waals surface area contributed by atoms with Crippen molar-refractivity contribution in [1.29, 1.82) is 0 Å². The van der Waals surface area contributed by atoms with Gasteiger partial charge in [-0.05, 0) is 5.56 Å². The van der Waals surface area contributed by atoms with E-state index < -0.39 is 18.4 Å². The van der Waals surface area contributed by atoms with Crippen molar-refractivity contribution in [3.63, 3.8) is 0 Å². The maximum absolute atomic E-state index is 11.2. The van der Waals surface area contributed by atoms with Crippen LogP contribution in [0.15, 0.2) is 30.3 Å². The van der Waals surface area contributed by atoms with Crippen LogP contribution < -0.4 is 0 Å². The molecule has 1 aliphatic rings. The van der Waals surface area contributed by atoms with E-state index in [4.69, 9.17) is 14.2 Å². The molecule has 1 heterocycles. The summed E-state index contributed by atoms with van der Waals surface area (Å²) in [5.41, 5.74) is 1.08. The minimum absolute atomic E-state index is 0.214. The molecule has 0 amide bonds. The third kappa shape index (κ3) is 3.53. The molecule has 0 bridgehead atoms. The standard InChI is InChI=1S/C13H16O5/c1-15-13(14)11-8-17-12(18-11)9-16-7-10-5-3-2-4-6-10/h2-6,11-12H,7-9H2,1H3/t11?,12-/m0/s1. The van der Waals surface area contributed by atoms with Crippen LogP contribution in [0.4, 0.5) is 0 Å². The molecule has 0 aliphatic carbocycles. The smallest absolute Gasteiger partial charge is 0.337 e. The topological polar surface area (TPSA) is 54.0 Å². The molecule has 1 aromatic rings. The Hall–Kier alpha value is -1.43. The number of rotatable bonds is 5. The van der Waals surface area contributed by atoms with Crippen molar-refractivity contribution in [1.82, 2.24) is 0 Å². The Morgan fingerprint density at radius 3 is 2.89 bits per heavy atom. The van der Waals surface area contributed by atoms with Gasteiger partial charge in [0.05, 0.1) is 26.9 Å². The summed E-state index contributed by atoms with van der Waals surface area (Å²) in [5.74, 6) is -0.416. The molecule has 1 unspecified atom stereocenters. The van der Waals surface area contributed by atoms with Crippen LogP contribution >= 0.6 is 0 Å². The first-order valence-corrected chi connectivity index (χ1v) is 5.76. The van der Waals surface area contributed by atoms with Gasteiger partial charge in [-0.25, -0.2) is 4.79 Å². The predicted octanol–water partition coefficient (Wildman–Crippen LogP) is 1.12. The number of carbonyl (C=O) groups is 1. The minimum Gasteiger partial charge on any atom is -0.467 e. The molecule has 1 fully saturated rings. The lowest BCUT2D eigenvalue weighted by atomic mass is 10.2. The van der Waals surface area contributed by atoms with Crippen LogP contribution in [0.3, 0.4) is 0 Å². The number of ether oxygens (including phenoxy) is 4. The molecule has 5 heteroatoms. The van der Waals surface area contributed by atoms with Gasteiger partial charge in [0, 0.05) is 0 Å². The fraction of sp³-hybridized carbons (Fsp3) is 0.462. The first-order chi connectivity index (χ1) is 8.79. The lowest BCUT2D eigenvalue weighted by Crippen LogP contribution is -2.25. The number of carbonyl (C=O) groups excluding carboxylic acids is 1. The SMILES string of the molecule is COC(=O)C1CO[C@H](COCc2ccccc2)O1. The van der Waals surface area contributed by atoms with Crippen LogP contribution in [0.5, 0.6) is 0 Å². The van der Waals surface area contributed by atoms with Crippen molar-refractivity contribution in [3.05, 3.63) is 35.9 Å². The number of benzene rings is 1. The van der Waals surface area contributed by atoms with Crippen molar-refractivity contribution in [3.8, 4) is 0 Å². The highest BCUT2D eigenvalue weighted by Gasteiger charge is 2.32. The van der Waals surface area contributed by atoms with Gasteiger partial charge in [0.25, 0.3) is 0 Å². The Kier molecular flexibility index (Phi) is 4.69. The molecule has 18 heavy (non-hydrogen) atoms. The molecule has 0 saturated carbocycles. The van der Waals surface area contributed by atoms with E-state index in [2.05, 4.69) is 4.74 Å². The van der Waals surface area contributed by atoms with Crippen molar-refractivity contribution in [2.75, 3.05) is 20.3 Å². The van der Waals surface area contributed by atoms with Gasteiger partial charge in [-0.2, -0.15) is 0 Å². The van der Waals surface area contributed by atoms with E-state index in [9.17, 15) is 4.79 Å². The second kappa shape index (κ2) is 6.49. The predicted molar refractivity (Wildman–Crippen MR) is 62.7 cm³/mol. The van der Waals surface area contributed by atoms with E-state index in [1.165, 1.54) is 7.11 Å². The summed E-state index contributed by atoms with van der Waals surface area (Å²) in [4.78, 5) is 11.2. The largest absolute Gasteiger partial charge is 0.467 e. The van der Waals surface area contributed by atoms with Gasteiger partial charge >= 0.3 is 5.97 Å². The number of hydrogen-bond acceptors (Lipinski definition) is 5. The number of esters is 1. The Bertz CT molecular complexity index is 378. The second-order valence-electron chi connectivity index (χ2n) is 3.91. The summed E-state index contributed by atoms with van der Waals surface area (Å²) in [5, 5.41) is 0. The Morgan fingerprint density at radius 2 is 2.17 bits per heavy atom. The van der Waals surface area contributed by atoms with E-state index in [1.807, 2.05) is 30.3 Å². The van der Waals surface area contributed by atoms with Crippen molar-refractivity contribution in [2.24, 2.45) is 0 Å². The molecule has 1 aromatic carbocycles. The highest BCUT2D eigenvalue weighted by molar-refractivity contribution is 5.74. The van der Waals surface area contributed by atoms with Gasteiger partial charge < -0.3 is 18.9 Å². The maximum Gasteiger partial charge on any atom is 0.337 e. The van der Waals surface area contributed by atoms with Crippen LogP contribution in [-0.2, 0) is 30.3 Å². The van der Waals surface area contributed by atoms with Crippen LogP contribution in [0.25, 0.3) is 0 Å². The summed E-state index contributed by atoms with van der Waals surface area (Å²) in [6, 6.07) is 9.82. The van der Waals surface area contributed by atoms with Crippen LogP contribution in [0.2, 0.25) is 0 Å². The van der Waals surface area contributed by atoms with Crippen LogP contribution in [-0.4, -0.2) is 38.7 Å². The lowest BCUT2D eigenvalue weighted by Gasteiger charge is -2.11. The third-order valence-corrected chi connectivity index (χ3v) is 2.58. The maximum atomic E-state index is 11.2. The van der Waals surface area contributed by atoms with Gasteiger partial charge in [0.2, 0.25) is 0 Å². The first-order valence-electron chi connectivity index (χ1n) is 5.76. The van der Waals surface area contributed by atoms with E-state index in [1.54, 1.807) is 0 Å². The van der Waals surface area contributed by atoms with Crippen molar-refractivity contribution < 1.29 is 23.7 Å². The molecule has 0 spiro atoms. The summed E-state index contributed by atoms with van der Waals surface area (Å²) < 4.78 is 20.6. The van der Waals surface area contributed by atoms with Gasteiger partial charge in [-0.1, -0.05) is 30.3 Å². The normalized spacial score (nSPS) is 22.9. The zero-order chi connectivity index (χ0) is 12.8. The Labute approximate surface area is 106 Å². The Balaban J connectivity index is 1.68. The third-order valence-electron chi connectivity index (χ3n) is 2.58. The van der Waals surface area contributed by atoms with Gasteiger partial charge in [0.1, 0.15) is 0 Å². The first kappa shape index (κ1) is 13.0. The van der Waals surface area contributed by atoms with Crippen molar-refractivity contribution >= 4 is 5.97 Å². The second-order valence-corrected chi connectivity index (χ2v) is 3.91. The fourth-order valence-corrected chi connectivity index (χ4v) is 1.65. The van der Waals surface area contributed by atoms with Crippen molar-refractivity contribution in [2.45, 2.75) is 19.0 Å². The highest BCUT2D eigenvalue weighted by Crippen LogP contribution is 2.13. The molecule has 1 aliphatic heterocycles. The molecule has 0 aromatic heterocycles. The van der Waals surface area contributed by atoms with Gasteiger partial charge in [-0.15, -0.1) is 0 Å². The molecule has 2 rings (SSSR count). The molecule has 0 radical (unpaired) electrons. The zero-order valence-electron chi connectivity index (χ0n) is 10.2. The quantitative estimate of drug-likeness (QED) is 0.735.